The quantitative estimate of drug-likeness (QED) is 0.307. The Hall–Kier alpha value is -2.07. The van der Waals surface area contributed by atoms with Crippen LogP contribution in [0.2, 0.25) is 0 Å². The summed E-state index contributed by atoms with van der Waals surface area (Å²) in [5.74, 6) is -2.25. The molecule has 3 aliphatic rings. The summed E-state index contributed by atoms with van der Waals surface area (Å²) in [6, 6.07) is -0.434. The number of nitrogens with one attached hydrogen (secondary N) is 1. The second-order valence-electron chi connectivity index (χ2n) is 8.22. The smallest absolute Gasteiger partial charge is 0.353 e. The van der Waals surface area contributed by atoms with E-state index in [9.17, 15) is 24.6 Å². The van der Waals surface area contributed by atoms with E-state index in [1.54, 1.807) is 21.0 Å². The molecule has 0 saturated carbocycles. The van der Waals surface area contributed by atoms with Gasteiger partial charge in [0.25, 0.3) is 0 Å². The monoisotopic (exact) mass is 424 g/mol. The van der Waals surface area contributed by atoms with Gasteiger partial charge in [0.1, 0.15) is 5.70 Å². The number of aliphatic carboxylic acids is 1. The zero-order valence-corrected chi connectivity index (χ0v) is 17.8. The van der Waals surface area contributed by atoms with E-state index in [1.165, 1.54) is 27.9 Å². The van der Waals surface area contributed by atoms with Gasteiger partial charge in [0.2, 0.25) is 11.8 Å². The molecule has 2 saturated heterocycles. The molecule has 0 aromatic heterocycles. The Morgan fingerprint density at radius 2 is 2.07 bits per heavy atom. The number of β-lactam (4-membered cyclic amide) rings is 1. The lowest BCUT2D eigenvalue weighted by Gasteiger charge is -2.46. The number of carboxylic acid groups (broad SMARTS) is 1. The Kier molecular flexibility index (Phi) is 5.96. The molecular formula is C19H28N4O5S. The fraction of sp³-hybridized carbons (Fsp3) is 0.684. The van der Waals surface area contributed by atoms with E-state index in [0.29, 0.717) is 24.3 Å². The molecule has 2 fully saturated rings. The lowest BCUT2D eigenvalue weighted by Crippen LogP contribution is -2.63. The van der Waals surface area contributed by atoms with E-state index in [1.807, 2.05) is 11.8 Å². The van der Waals surface area contributed by atoms with E-state index in [4.69, 9.17) is 5.41 Å². The van der Waals surface area contributed by atoms with Crippen LogP contribution < -0.4 is 0 Å². The van der Waals surface area contributed by atoms with Crippen molar-refractivity contribution in [3.63, 3.8) is 0 Å². The Morgan fingerprint density at radius 1 is 1.41 bits per heavy atom. The van der Waals surface area contributed by atoms with Crippen LogP contribution in [0.25, 0.3) is 0 Å². The summed E-state index contributed by atoms with van der Waals surface area (Å²) in [5, 5.41) is 27.4. The number of aliphatic hydroxyl groups excluding tert-OH is 1. The Labute approximate surface area is 174 Å². The number of carbonyl (C=O) groups excluding carboxylic acids is 2. The first-order valence-electron chi connectivity index (χ1n) is 9.70. The molecule has 9 nitrogen and oxygen atoms in total. The number of likely N-dealkylation sites (tertiary alicyclic amines) is 1. The fourth-order valence-electron chi connectivity index (χ4n) is 4.58. The number of carbonyl (C=O) groups is 3. The minimum absolute atomic E-state index is 0.0123. The molecule has 10 heteroatoms. The van der Waals surface area contributed by atoms with E-state index in [2.05, 4.69) is 0 Å². The lowest BCUT2D eigenvalue weighted by molar-refractivity contribution is -0.163. The number of carboxylic acids is 1. The van der Waals surface area contributed by atoms with Gasteiger partial charge in [-0.1, -0.05) is 6.92 Å². The number of fused-ring (bicyclic) bond motifs is 1. The number of hydrogen-bond acceptors (Lipinski definition) is 6. The van der Waals surface area contributed by atoms with Crippen molar-refractivity contribution in [3.05, 3.63) is 10.6 Å². The highest BCUT2D eigenvalue weighted by molar-refractivity contribution is 8.03. The van der Waals surface area contributed by atoms with Gasteiger partial charge in [-0.25, -0.2) is 4.79 Å². The third-order valence-corrected chi connectivity index (χ3v) is 7.59. The summed E-state index contributed by atoms with van der Waals surface area (Å²) in [5.41, 5.74) is 0.0172. The molecule has 3 N–H and O–H groups in total. The fourth-order valence-corrected chi connectivity index (χ4v) is 6.16. The van der Waals surface area contributed by atoms with Crippen molar-refractivity contribution < 1.29 is 24.6 Å². The molecule has 0 aromatic rings. The summed E-state index contributed by atoms with van der Waals surface area (Å²) in [6.45, 7) is 4.00. The van der Waals surface area contributed by atoms with Crippen molar-refractivity contribution in [3.8, 4) is 0 Å². The first kappa shape index (κ1) is 21.6. The Morgan fingerprint density at radius 3 is 2.59 bits per heavy atom. The van der Waals surface area contributed by atoms with Crippen LogP contribution in [0.15, 0.2) is 10.6 Å². The summed E-state index contributed by atoms with van der Waals surface area (Å²) >= 11 is 1.43. The summed E-state index contributed by atoms with van der Waals surface area (Å²) in [7, 11) is 3.39. The molecular weight excluding hydrogens is 396 g/mol. The van der Waals surface area contributed by atoms with Crippen LogP contribution in [0.3, 0.4) is 0 Å². The molecule has 29 heavy (non-hydrogen) atoms. The van der Waals surface area contributed by atoms with Crippen LogP contribution in [-0.4, -0.2) is 93.1 Å². The van der Waals surface area contributed by atoms with E-state index >= 15 is 0 Å². The van der Waals surface area contributed by atoms with Gasteiger partial charge in [0.15, 0.2) is 0 Å². The molecule has 3 rings (SSSR count). The molecule has 0 spiro atoms. The minimum atomic E-state index is -1.14. The Bertz CT molecular complexity index is 768. The zero-order chi connectivity index (χ0) is 21.6. The predicted octanol–water partition coefficient (Wildman–Crippen LogP) is 0.402. The van der Waals surface area contributed by atoms with Gasteiger partial charge >= 0.3 is 5.97 Å². The average Bonchev–Trinajstić information content (AvgIpc) is 3.12. The molecule has 0 aliphatic carbocycles. The number of nitrogens with zero attached hydrogens (tertiary/aromatic N) is 3. The van der Waals surface area contributed by atoms with E-state index in [-0.39, 0.29) is 40.8 Å². The normalized spacial score (nSPS) is 32.2. The maximum Gasteiger partial charge on any atom is 0.353 e. The number of aliphatic hydroxyl groups is 1. The standard InChI is InChI=1S/C19H28N4O5S/c1-9-15-14(10(2)24)18(26)23(15)16(19(27)28)17(9)29-12-5-11(22(7-12)8-20)6-13(25)21(3)4/h8-12,14-15,20,24H,5-7H2,1-4H3,(H,27,28)/t9-,10?,11+,12+,14-,15-/m1/s1. The zero-order valence-electron chi connectivity index (χ0n) is 17.0. The largest absolute Gasteiger partial charge is 0.477 e. The number of hydrogen-bond donors (Lipinski definition) is 3. The van der Waals surface area contributed by atoms with Gasteiger partial charge < -0.3 is 24.9 Å². The van der Waals surface area contributed by atoms with Gasteiger partial charge in [-0.2, -0.15) is 0 Å². The van der Waals surface area contributed by atoms with Crippen LogP contribution in [0.5, 0.6) is 0 Å². The molecule has 6 atom stereocenters. The van der Waals surface area contributed by atoms with Gasteiger partial charge in [-0.05, 0) is 13.3 Å². The minimum Gasteiger partial charge on any atom is -0.477 e. The number of rotatable bonds is 7. The molecule has 0 bridgehead atoms. The van der Waals surface area contributed by atoms with Gasteiger partial charge in [0, 0.05) is 49.2 Å². The van der Waals surface area contributed by atoms with Gasteiger partial charge in [-0.15, -0.1) is 11.8 Å². The molecule has 2 amide bonds. The summed E-state index contributed by atoms with van der Waals surface area (Å²) < 4.78 is 0. The van der Waals surface area contributed by atoms with Crippen LogP contribution in [0.4, 0.5) is 0 Å². The highest BCUT2D eigenvalue weighted by Gasteiger charge is 2.60. The molecule has 160 valence electrons. The molecule has 1 unspecified atom stereocenters. The van der Waals surface area contributed by atoms with Crippen molar-refractivity contribution >= 4 is 35.9 Å². The average molecular weight is 425 g/mol. The lowest BCUT2D eigenvalue weighted by atomic mass is 9.79. The summed E-state index contributed by atoms with van der Waals surface area (Å²) in [4.78, 5) is 41.8. The van der Waals surface area contributed by atoms with E-state index < -0.39 is 18.0 Å². The maximum absolute atomic E-state index is 12.4. The SMILES string of the molecule is CC(O)[C@H]1C(=O)N2C(C(=O)O)=C(S[C@H]3C[C@@H](CC(=O)N(C)C)N(C=N)C3)[C@H](C)[C@H]12. The first-order valence-corrected chi connectivity index (χ1v) is 10.6. The van der Waals surface area contributed by atoms with Crippen molar-refractivity contribution in [1.29, 1.82) is 5.41 Å². The number of amides is 2. The molecule has 3 aliphatic heterocycles. The molecule has 0 aromatic carbocycles. The van der Waals surface area contributed by atoms with Gasteiger partial charge in [0.05, 0.1) is 24.4 Å². The predicted molar refractivity (Wildman–Crippen MR) is 108 cm³/mol. The third-order valence-electron chi connectivity index (χ3n) is 6.10. The molecule has 3 heterocycles. The van der Waals surface area contributed by atoms with Crippen molar-refractivity contribution in [2.45, 2.75) is 50.1 Å². The van der Waals surface area contributed by atoms with Crippen molar-refractivity contribution in [1.82, 2.24) is 14.7 Å². The topological polar surface area (TPSA) is 125 Å². The van der Waals surface area contributed by atoms with Gasteiger partial charge in [-0.3, -0.25) is 15.0 Å². The number of thioether (sulfide) groups is 1. The molecule has 0 radical (unpaired) electrons. The first-order chi connectivity index (χ1) is 13.6. The van der Waals surface area contributed by atoms with E-state index in [0.717, 1.165) is 0 Å². The van der Waals surface area contributed by atoms with Crippen LogP contribution in [0.1, 0.15) is 26.7 Å². The highest BCUT2D eigenvalue weighted by atomic mass is 32.2. The van der Waals surface area contributed by atoms with Crippen LogP contribution in [0, 0.1) is 17.2 Å². The highest BCUT2D eigenvalue weighted by Crippen LogP contribution is 2.52. The van der Waals surface area contributed by atoms with Crippen molar-refractivity contribution in [2.75, 3.05) is 20.6 Å². The van der Waals surface area contributed by atoms with Crippen molar-refractivity contribution in [2.24, 2.45) is 11.8 Å². The Balaban J connectivity index is 1.78. The maximum atomic E-state index is 12.4. The second kappa shape index (κ2) is 7.98. The summed E-state index contributed by atoms with van der Waals surface area (Å²) in [6.07, 6.45) is 1.36. The third kappa shape index (κ3) is 3.63. The second-order valence-corrected chi connectivity index (χ2v) is 9.56. The van der Waals surface area contributed by atoms with Crippen LogP contribution >= 0.6 is 11.8 Å². The van der Waals surface area contributed by atoms with Crippen LogP contribution in [-0.2, 0) is 14.4 Å².